The number of amides is 2. The van der Waals surface area contributed by atoms with Gasteiger partial charge in [-0.2, -0.15) is 0 Å². The van der Waals surface area contributed by atoms with Crippen LogP contribution in [0.3, 0.4) is 0 Å². The molecule has 0 radical (unpaired) electrons. The van der Waals surface area contributed by atoms with E-state index in [4.69, 9.17) is 9.15 Å². The minimum Gasteiger partial charge on any atom is -0.463 e. The lowest BCUT2D eigenvalue weighted by Gasteiger charge is -2.23. The van der Waals surface area contributed by atoms with Crippen LogP contribution in [0.25, 0.3) is 11.1 Å². The minimum atomic E-state index is -0.638. The summed E-state index contributed by atoms with van der Waals surface area (Å²) in [6, 6.07) is 2.72. The molecule has 8 heteroatoms. The average Bonchev–Trinajstić information content (AvgIpc) is 3.35. The molecule has 1 fully saturated rings. The first-order chi connectivity index (χ1) is 12.1. The van der Waals surface area contributed by atoms with E-state index < -0.39 is 18.6 Å². The van der Waals surface area contributed by atoms with E-state index in [2.05, 4.69) is 10.3 Å². The number of nitrogens with one attached hydrogen (secondary N) is 2. The van der Waals surface area contributed by atoms with Crippen LogP contribution in [0, 0.1) is 0 Å². The number of H-pyrrole nitrogens is 1. The summed E-state index contributed by atoms with van der Waals surface area (Å²) in [5.74, 6) is -1.22. The van der Waals surface area contributed by atoms with Gasteiger partial charge in [0, 0.05) is 25.7 Å². The number of hydrogen-bond acceptors (Lipinski definition) is 5. The van der Waals surface area contributed by atoms with Gasteiger partial charge in [0.05, 0.1) is 11.8 Å². The van der Waals surface area contributed by atoms with Gasteiger partial charge in [0.25, 0.3) is 5.91 Å². The lowest BCUT2D eigenvalue weighted by atomic mass is 10.2. The number of carbonyl (C=O) groups excluding carboxylic acids is 3. The average molecular weight is 349 g/mol. The summed E-state index contributed by atoms with van der Waals surface area (Å²) in [5.41, 5.74) is 1.45. The highest BCUT2D eigenvalue weighted by atomic mass is 16.5. The first-order valence-corrected chi connectivity index (χ1v) is 8.34. The molecule has 3 heterocycles. The van der Waals surface area contributed by atoms with Gasteiger partial charge in [0.15, 0.2) is 12.2 Å². The van der Waals surface area contributed by atoms with Gasteiger partial charge in [-0.1, -0.05) is 13.8 Å². The van der Waals surface area contributed by atoms with Gasteiger partial charge in [-0.3, -0.25) is 9.59 Å². The maximum Gasteiger partial charge on any atom is 0.355 e. The Morgan fingerprint density at radius 1 is 1.40 bits per heavy atom. The second-order valence-corrected chi connectivity index (χ2v) is 5.32. The Balaban J connectivity index is 0.00000109. The highest BCUT2D eigenvalue weighted by Gasteiger charge is 2.33. The van der Waals surface area contributed by atoms with Crippen molar-refractivity contribution in [3.8, 4) is 0 Å². The van der Waals surface area contributed by atoms with E-state index in [-0.39, 0.29) is 17.5 Å². The summed E-state index contributed by atoms with van der Waals surface area (Å²) in [6.45, 7) is 4.09. The maximum absolute atomic E-state index is 12.2. The van der Waals surface area contributed by atoms with Gasteiger partial charge in [-0.15, -0.1) is 0 Å². The van der Waals surface area contributed by atoms with Crippen LogP contribution in [-0.4, -0.2) is 53.9 Å². The highest BCUT2D eigenvalue weighted by molar-refractivity contribution is 5.95. The van der Waals surface area contributed by atoms with Gasteiger partial charge in [-0.05, 0) is 12.8 Å². The topological polar surface area (TPSA) is 105 Å². The van der Waals surface area contributed by atoms with E-state index >= 15 is 0 Å². The van der Waals surface area contributed by atoms with Crippen molar-refractivity contribution in [2.75, 3.05) is 20.2 Å². The van der Waals surface area contributed by atoms with Crippen molar-refractivity contribution in [3.05, 3.63) is 24.1 Å². The maximum atomic E-state index is 12.2. The van der Waals surface area contributed by atoms with Crippen LogP contribution in [0.1, 0.15) is 37.2 Å². The molecule has 1 aliphatic rings. The third kappa shape index (κ3) is 4.01. The van der Waals surface area contributed by atoms with Crippen LogP contribution >= 0.6 is 0 Å². The largest absolute Gasteiger partial charge is 0.463 e. The second kappa shape index (κ2) is 8.36. The number of aromatic nitrogens is 1. The third-order valence-electron chi connectivity index (χ3n) is 3.91. The van der Waals surface area contributed by atoms with E-state index in [1.165, 1.54) is 24.3 Å². The fourth-order valence-corrected chi connectivity index (χ4v) is 2.75. The van der Waals surface area contributed by atoms with E-state index in [0.29, 0.717) is 24.1 Å². The van der Waals surface area contributed by atoms with Crippen molar-refractivity contribution in [1.82, 2.24) is 15.2 Å². The van der Waals surface area contributed by atoms with Crippen molar-refractivity contribution >= 4 is 28.9 Å². The SMILES string of the molecule is CC.CNC(=O)C1CCCN1C(=O)COC(=O)c1cc2occc2[nH]1. The lowest BCUT2D eigenvalue weighted by molar-refractivity contribution is -0.140. The predicted molar refractivity (Wildman–Crippen MR) is 91.0 cm³/mol. The van der Waals surface area contributed by atoms with E-state index in [1.54, 1.807) is 6.07 Å². The van der Waals surface area contributed by atoms with Crippen LogP contribution in [0.2, 0.25) is 0 Å². The van der Waals surface area contributed by atoms with Crippen LogP contribution in [0.5, 0.6) is 0 Å². The van der Waals surface area contributed by atoms with E-state index in [0.717, 1.165) is 6.42 Å². The standard InChI is InChI=1S/C15H17N3O5.C2H6/c1-16-14(20)11-3-2-5-18(11)13(19)8-23-15(21)10-7-12-9(17-10)4-6-22-12;1-2/h4,6-7,11,17H,2-3,5,8H2,1H3,(H,16,20);1-2H3. The fourth-order valence-electron chi connectivity index (χ4n) is 2.75. The molecule has 2 aromatic heterocycles. The molecule has 0 aliphatic carbocycles. The number of hydrogen-bond donors (Lipinski definition) is 2. The summed E-state index contributed by atoms with van der Waals surface area (Å²) in [4.78, 5) is 40.2. The minimum absolute atomic E-state index is 0.202. The van der Waals surface area contributed by atoms with Gasteiger partial charge in [-0.25, -0.2) is 4.79 Å². The van der Waals surface area contributed by atoms with E-state index in [1.807, 2.05) is 13.8 Å². The molecule has 0 saturated carbocycles. The zero-order chi connectivity index (χ0) is 18.4. The van der Waals surface area contributed by atoms with Crippen molar-refractivity contribution in [2.24, 2.45) is 0 Å². The molecule has 136 valence electrons. The van der Waals surface area contributed by atoms with E-state index in [9.17, 15) is 14.4 Å². The Labute approximate surface area is 145 Å². The predicted octanol–water partition coefficient (Wildman–Crippen LogP) is 1.68. The number of likely N-dealkylation sites (N-methyl/N-ethyl adjacent to an activating group) is 1. The molecule has 1 aliphatic heterocycles. The highest BCUT2D eigenvalue weighted by Crippen LogP contribution is 2.19. The quantitative estimate of drug-likeness (QED) is 0.817. The Kier molecular flexibility index (Phi) is 6.21. The number of nitrogens with zero attached hydrogens (tertiary/aromatic N) is 1. The monoisotopic (exact) mass is 349 g/mol. The molecule has 1 unspecified atom stereocenters. The first kappa shape index (κ1) is 18.6. The van der Waals surface area contributed by atoms with Gasteiger partial charge in [0.2, 0.25) is 5.91 Å². The molecular weight excluding hydrogens is 326 g/mol. The normalized spacial score (nSPS) is 16.3. The fraction of sp³-hybridized carbons (Fsp3) is 0.471. The zero-order valence-corrected chi connectivity index (χ0v) is 14.6. The number of esters is 1. The Morgan fingerprint density at radius 2 is 2.16 bits per heavy atom. The molecule has 0 spiro atoms. The molecule has 3 rings (SSSR count). The summed E-state index contributed by atoms with van der Waals surface area (Å²) in [7, 11) is 1.53. The molecule has 0 aromatic carbocycles. The third-order valence-corrected chi connectivity index (χ3v) is 3.91. The molecular formula is C17H23N3O5. The van der Waals surface area contributed by atoms with Gasteiger partial charge >= 0.3 is 5.97 Å². The van der Waals surface area contributed by atoms with Crippen LogP contribution in [-0.2, 0) is 14.3 Å². The summed E-state index contributed by atoms with van der Waals surface area (Å²) >= 11 is 0. The molecule has 0 bridgehead atoms. The zero-order valence-electron chi connectivity index (χ0n) is 14.6. The number of likely N-dealkylation sites (tertiary alicyclic amines) is 1. The van der Waals surface area contributed by atoms with Crippen molar-refractivity contribution in [3.63, 3.8) is 0 Å². The molecule has 2 amide bonds. The summed E-state index contributed by atoms with van der Waals surface area (Å²) in [5, 5.41) is 2.54. The van der Waals surface area contributed by atoms with Crippen molar-refractivity contribution in [1.29, 1.82) is 0 Å². The van der Waals surface area contributed by atoms with Crippen LogP contribution in [0.15, 0.2) is 22.8 Å². The Bertz CT molecular complexity index is 720. The summed E-state index contributed by atoms with van der Waals surface area (Å²) < 4.78 is 10.2. The number of fused-ring (bicyclic) bond motifs is 1. The Hall–Kier alpha value is -2.77. The summed E-state index contributed by atoms with van der Waals surface area (Å²) in [6.07, 6.45) is 2.88. The first-order valence-electron chi connectivity index (χ1n) is 8.34. The van der Waals surface area contributed by atoms with Gasteiger partial charge in [0.1, 0.15) is 11.7 Å². The number of ether oxygens (including phenoxy) is 1. The number of furan rings is 1. The molecule has 8 nitrogen and oxygen atoms in total. The Morgan fingerprint density at radius 3 is 2.84 bits per heavy atom. The number of carbonyl (C=O) groups is 3. The molecule has 1 atom stereocenters. The molecule has 1 saturated heterocycles. The lowest BCUT2D eigenvalue weighted by Crippen LogP contribution is -2.46. The molecule has 25 heavy (non-hydrogen) atoms. The molecule has 2 aromatic rings. The number of rotatable bonds is 4. The van der Waals surface area contributed by atoms with Crippen LogP contribution in [0.4, 0.5) is 0 Å². The van der Waals surface area contributed by atoms with Crippen LogP contribution < -0.4 is 5.32 Å². The smallest absolute Gasteiger partial charge is 0.355 e. The van der Waals surface area contributed by atoms with Crippen molar-refractivity contribution < 1.29 is 23.5 Å². The van der Waals surface area contributed by atoms with Gasteiger partial charge < -0.3 is 24.4 Å². The number of aromatic amines is 1. The second-order valence-electron chi connectivity index (χ2n) is 5.32. The molecule has 2 N–H and O–H groups in total. The van der Waals surface area contributed by atoms with Crippen molar-refractivity contribution in [2.45, 2.75) is 32.7 Å².